The van der Waals surface area contributed by atoms with Crippen molar-refractivity contribution in [3.8, 4) is 0 Å². The zero-order chi connectivity index (χ0) is 15.6. The van der Waals surface area contributed by atoms with E-state index in [1.165, 1.54) is 17.5 Å². The van der Waals surface area contributed by atoms with Crippen LogP contribution in [0.15, 0.2) is 14.7 Å². The van der Waals surface area contributed by atoms with Crippen molar-refractivity contribution in [1.82, 2.24) is 9.62 Å². The lowest BCUT2D eigenvalue weighted by molar-refractivity contribution is 0.0606. The number of rotatable bonds is 4. The molecule has 0 spiro atoms. The first-order valence-electron chi connectivity index (χ1n) is 6.45. The number of hydrogen-bond acceptors (Lipinski definition) is 6. The van der Waals surface area contributed by atoms with Crippen LogP contribution in [0.25, 0.3) is 0 Å². The first-order valence-corrected chi connectivity index (χ1v) is 9.50. The van der Waals surface area contributed by atoms with Crippen molar-refractivity contribution in [3.63, 3.8) is 0 Å². The molecule has 1 fully saturated rings. The fourth-order valence-corrected chi connectivity index (χ4v) is 6.22. The average molecular weight is 397 g/mol. The highest BCUT2D eigenvalue weighted by Crippen LogP contribution is 2.34. The van der Waals surface area contributed by atoms with Crippen LogP contribution in [0.5, 0.6) is 0 Å². The summed E-state index contributed by atoms with van der Waals surface area (Å²) >= 11 is 4.30. The Hall–Kier alpha value is -0.480. The third kappa shape index (κ3) is 3.48. The minimum Gasteiger partial charge on any atom is -0.465 e. The van der Waals surface area contributed by atoms with E-state index in [9.17, 15) is 13.2 Å². The van der Waals surface area contributed by atoms with E-state index >= 15 is 0 Å². The fraction of sp³-hybridized carbons (Fsp3) is 0.583. The molecular weight excluding hydrogens is 380 g/mol. The number of hydrogen-bond donors (Lipinski definition) is 1. The molecule has 0 aromatic carbocycles. The van der Waals surface area contributed by atoms with Gasteiger partial charge < -0.3 is 10.1 Å². The number of halogens is 1. The lowest BCUT2D eigenvalue weighted by Gasteiger charge is -2.31. The van der Waals surface area contributed by atoms with Crippen molar-refractivity contribution in [1.29, 1.82) is 0 Å². The standard InChI is InChI=1S/C12H17BrN2O4S2/c1-14-8-4-3-5-15(7-8)21(17,18)10-6-9(12(16)19-2)20-11(10)13/h6,8,14H,3-5,7H2,1-2H3. The summed E-state index contributed by atoms with van der Waals surface area (Å²) < 4.78 is 32.0. The SMILES string of the molecule is CNC1CCCN(S(=O)(=O)c2cc(C(=O)OC)sc2Br)C1. The van der Waals surface area contributed by atoms with Crippen LogP contribution in [0.3, 0.4) is 0 Å². The monoisotopic (exact) mass is 396 g/mol. The lowest BCUT2D eigenvalue weighted by Crippen LogP contribution is -2.46. The molecular formula is C12H17BrN2O4S2. The van der Waals surface area contributed by atoms with Crippen LogP contribution in [0.1, 0.15) is 22.5 Å². The van der Waals surface area contributed by atoms with Crippen LogP contribution < -0.4 is 5.32 Å². The number of esters is 1. The Morgan fingerprint density at radius 3 is 2.90 bits per heavy atom. The Morgan fingerprint density at radius 1 is 1.57 bits per heavy atom. The summed E-state index contributed by atoms with van der Waals surface area (Å²) in [4.78, 5) is 11.9. The van der Waals surface area contributed by atoms with Crippen LogP contribution in [0, 0.1) is 0 Å². The van der Waals surface area contributed by atoms with Gasteiger partial charge in [-0.3, -0.25) is 0 Å². The highest BCUT2D eigenvalue weighted by Gasteiger charge is 2.33. The molecule has 1 aromatic rings. The molecule has 0 bridgehead atoms. The van der Waals surface area contributed by atoms with Gasteiger partial charge in [0.2, 0.25) is 10.0 Å². The zero-order valence-electron chi connectivity index (χ0n) is 11.8. The number of likely N-dealkylation sites (N-methyl/N-ethyl adjacent to an activating group) is 1. The van der Waals surface area contributed by atoms with E-state index in [-0.39, 0.29) is 15.8 Å². The number of carbonyl (C=O) groups is 1. The molecule has 1 unspecified atom stereocenters. The highest BCUT2D eigenvalue weighted by molar-refractivity contribution is 9.11. The summed E-state index contributed by atoms with van der Waals surface area (Å²) in [5.74, 6) is -0.533. The Bertz CT molecular complexity index is 629. The summed E-state index contributed by atoms with van der Waals surface area (Å²) in [6, 6.07) is 1.53. The van der Waals surface area contributed by atoms with Gasteiger partial charge in [-0.05, 0) is 41.9 Å². The van der Waals surface area contributed by atoms with Gasteiger partial charge in [0.15, 0.2) is 0 Å². The lowest BCUT2D eigenvalue weighted by atomic mass is 10.1. The maximum atomic E-state index is 12.7. The van der Waals surface area contributed by atoms with Crippen molar-refractivity contribution in [2.75, 3.05) is 27.2 Å². The Labute approximate surface area is 136 Å². The fourth-order valence-electron chi connectivity index (χ4n) is 2.26. The molecule has 9 heteroatoms. The molecule has 1 aromatic heterocycles. The predicted octanol–water partition coefficient (Wildman–Crippen LogP) is 1.67. The minimum atomic E-state index is -3.61. The van der Waals surface area contributed by atoms with Gasteiger partial charge in [0.1, 0.15) is 9.77 Å². The molecule has 1 aliphatic rings. The average Bonchev–Trinajstić information content (AvgIpc) is 2.89. The largest absolute Gasteiger partial charge is 0.465 e. The Kier molecular flexibility index (Phi) is 5.42. The van der Waals surface area contributed by atoms with E-state index in [4.69, 9.17) is 0 Å². The molecule has 1 atom stereocenters. The molecule has 0 radical (unpaired) electrons. The second-order valence-corrected chi connectivity index (χ2v) is 9.01. The van der Waals surface area contributed by atoms with Crippen molar-refractivity contribution in [2.24, 2.45) is 0 Å². The van der Waals surface area contributed by atoms with Gasteiger partial charge in [0.05, 0.1) is 10.9 Å². The van der Waals surface area contributed by atoms with Gasteiger partial charge in [-0.2, -0.15) is 4.31 Å². The molecule has 21 heavy (non-hydrogen) atoms. The number of thiophene rings is 1. The van der Waals surface area contributed by atoms with Gasteiger partial charge in [-0.1, -0.05) is 0 Å². The van der Waals surface area contributed by atoms with Crippen LogP contribution in [0.4, 0.5) is 0 Å². The number of nitrogens with one attached hydrogen (secondary N) is 1. The first-order chi connectivity index (χ1) is 9.90. The second-order valence-electron chi connectivity index (χ2n) is 4.73. The molecule has 118 valence electrons. The number of sulfonamides is 1. The predicted molar refractivity (Wildman–Crippen MR) is 84.2 cm³/mol. The summed E-state index contributed by atoms with van der Waals surface area (Å²) in [5.41, 5.74) is 0. The summed E-state index contributed by atoms with van der Waals surface area (Å²) in [5, 5.41) is 3.12. The zero-order valence-corrected chi connectivity index (χ0v) is 15.0. The first kappa shape index (κ1) is 16.9. The molecule has 2 rings (SSSR count). The topological polar surface area (TPSA) is 75.7 Å². The number of nitrogens with zero attached hydrogens (tertiary/aromatic N) is 1. The van der Waals surface area contributed by atoms with E-state index in [1.54, 1.807) is 0 Å². The summed E-state index contributed by atoms with van der Waals surface area (Å²) in [6.07, 6.45) is 1.77. The molecule has 0 aliphatic carbocycles. The smallest absolute Gasteiger partial charge is 0.348 e. The van der Waals surface area contributed by atoms with E-state index in [1.807, 2.05) is 7.05 Å². The molecule has 2 heterocycles. The van der Waals surface area contributed by atoms with E-state index in [0.29, 0.717) is 16.9 Å². The molecule has 1 saturated heterocycles. The normalized spacial score (nSPS) is 20.4. The number of methoxy groups -OCH3 is 1. The van der Waals surface area contributed by atoms with E-state index in [2.05, 4.69) is 26.0 Å². The second kappa shape index (κ2) is 6.74. The molecule has 1 aliphatic heterocycles. The molecule has 6 nitrogen and oxygen atoms in total. The van der Waals surface area contributed by atoms with E-state index < -0.39 is 16.0 Å². The van der Waals surface area contributed by atoms with Gasteiger partial charge in [-0.15, -0.1) is 11.3 Å². The molecule has 0 saturated carbocycles. The van der Waals surface area contributed by atoms with Crippen LogP contribution in [-0.2, 0) is 14.8 Å². The van der Waals surface area contributed by atoms with Crippen LogP contribution in [-0.4, -0.2) is 52.0 Å². The number of piperidine rings is 1. The van der Waals surface area contributed by atoms with E-state index in [0.717, 1.165) is 24.2 Å². The van der Waals surface area contributed by atoms with Crippen LogP contribution in [0.2, 0.25) is 0 Å². The number of ether oxygens (including phenoxy) is 1. The molecule has 1 N–H and O–H groups in total. The Morgan fingerprint density at radius 2 is 2.29 bits per heavy atom. The number of carbonyl (C=O) groups excluding carboxylic acids is 1. The van der Waals surface area contributed by atoms with Crippen molar-refractivity contribution in [3.05, 3.63) is 14.7 Å². The van der Waals surface area contributed by atoms with Crippen molar-refractivity contribution < 1.29 is 17.9 Å². The van der Waals surface area contributed by atoms with Gasteiger partial charge in [0.25, 0.3) is 0 Å². The quantitative estimate of drug-likeness (QED) is 0.783. The maximum Gasteiger partial charge on any atom is 0.348 e. The third-order valence-corrected chi connectivity index (χ3v) is 7.55. The molecule has 0 amide bonds. The third-order valence-electron chi connectivity index (χ3n) is 3.45. The summed E-state index contributed by atoms with van der Waals surface area (Å²) in [6.45, 7) is 0.936. The highest BCUT2D eigenvalue weighted by atomic mass is 79.9. The van der Waals surface area contributed by atoms with Gasteiger partial charge in [-0.25, -0.2) is 13.2 Å². The summed E-state index contributed by atoms with van der Waals surface area (Å²) in [7, 11) is -0.507. The van der Waals surface area contributed by atoms with Crippen LogP contribution >= 0.6 is 27.3 Å². The maximum absolute atomic E-state index is 12.7. The van der Waals surface area contributed by atoms with Gasteiger partial charge >= 0.3 is 5.97 Å². The minimum absolute atomic E-state index is 0.129. The van der Waals surface area contributed by atoms with Gasteiger partial charge in [0, 0.05) is 19.1 Å². The van der Waals surface area contributed by atoms with Crippen molar-refractivity contribution >= 4 is 43.3 Å². The Balaban J connectivity index is 2.31. The van der Waals surface area contributed by atoms with Crippen molar-refractivity contribution in [2.45, 2.75) is 23.8 Å².